The van der Waals surface area contributed by atoms with Gasteiger partial charge in [0.15, 0.2) is 11.6 Å². The van der Waals surface area contributed by atoms with Crippen molar-refractivity contribution in [2.24, 2.45) is 0 Å². The molecule has 1 aliphatic heterocycles. The Morgan fingerprint density at radius 3 is 2.50 bits per heavy atom. The molecule has 5 heteroatoms. The van der Waals surface area contributed by atoms with Gasteiger partial charge >= 0.3 is 0 Å². The van der Waals surface area contributed by atoms with E-state index in [0.29, 0.717) is 6.61 Å². The molecule has 0 aromatic heterocycles. The number of ether oxygens (including phenoxy) is 1. The summed E-state index contributed by atoms with van der Waals surface area (Å²) >= 11 is 0. The topological polar surface area (TPSA) is 38.5 Å². The summed E-state index contributed by atoms with van der Waals surface area (Å²) < 4.78 is 33.0. The highest BCUT2D eigenvalue weighted by Crippen LogP contribution is 2.35. The second-order valence-electron chi connectivity index (χ2n) is 4.78. The molecule has 0 saturated carbocycles. The van der Waals surface area contributed by atoms with Crippen molar-refractivity contribution in [3.63, 3.8) is 0 Å². The number of methoxy groups -OCH3 is 1. The molecule has 2 N–H and O–H groups in total. The molecule has 2 atom stereocenters. The van der Waals surface area contributed by atoms with Gasteiger partial charge in [-0.3, -0.25) is 0 Å². The molecule has 1 aliphatic rings. The van der Waals surface area contributed by atoms with Crippen molar-refractivity contribution >= 4 is 11.4 Å². The van der Waals surface area contributed by atoms with Gasteiger partial charge in [-0.25, -0.2) is 8.78 Å². The molecule has 0 aliphatic carbocycles. The monoisotopic (exact) mass is 256 g/mol. The Morgan fingerprint density at radius 2 is 1.94 bits per heavy atom. The Labute approximate surface area is 106 Å². The number of halogens is 2. The molecule has 1 fully saturated rings. The maximum absolute atomic E-state index is 13.9. The Kier molecular flexibility index (Phi) is 3.71. The van der Waals surface area contributed by atoms with E-state index in [0.717, 1.165) is 25.0 Å². The number of anilines is 2. The van der Waals surface area contributed by atoms with E-state index in [1.807, 2.05) is 6.92 Å². The first-order valence-electron chi connectivity index (χ1n) is 6.06. The van der Waals surface area contributed by atoms with Crippen molar-refractivity contribution in [3.8, 4) is 0 Å². The molecule has 1 aromatic rings. The van der Waals surface area contributed by atoms with Crippen LogP contribution in [0.1, 0.15) is 19.8 Å². The lowest BCUT2D eigenvalue weighted by Crippen LogP contribution is -2.38. The van der Waals surface area contributed by atoms with Crippen molar-refractivity contribution in [1.29, 1.82) is 0 Å². The van der Waals surface area contributed by atoms with Crippen molar-refractivity contribution in [3.05, 3.63) is 23.8 Å². The predicted octanol–water partition coefficient (Wildman–Crippen LogP) is 2.55. The van der Waals surface area contributed by atoms with Gasteiger partial charge in [-0.1, -0.05) is 0 Å². The largest absolute Gasteiger partial charge is 0.399 e. The molecular formula is C13H18F2N2O. The van der Waals surface area contributed by atoms with Crippen LogP contribution >= 0.6 is 0 Å². The molecule has 2 unspecified atom stereocenters. The molecule has 1 saturated heterocycles. The first-order chi connectivity index (χ1) is 8.54. The summed E-state index contributed by atoms with van der Waals surface area (Å²) in [6.45, 7) is 2.43. The molecule has 2 rings (SSSR count). The van der Waals surface area contributed by atoms with Crippen LogP contribution in [-0.2, 0) is 4.74 Å². The smallest absolute Gasteiger partial charge is 0.151 e. The van der Waals surface area contributed by atoms with Crippen LogP contribution in [0, 0.1) is 11.6 Å². The van der Waals surface area contributed by atoms with Crippen LogP contribution in [0.3, 0.4) is 0 Å². The molecule has 100 valence electrons. The van der Waals surface area contributed by atoms with Crippen LogP contribution in [0.4, 0.5) is 20.2 Å². The van der Waals surface area contributed by atoms with E-state index < -0.39 is 11.6 Å². The SMILES string of the molecule is COCC1CCC(C)N1c1c(F)cc(N)cc1F. The van der Waals surface area contributed by atoms with Crippen LogP contribution < -0.4 is 10.6 Å². The van der Waals surface area contributed by atoms with Gasteiger partial charge in [-0.15, -0.1) is 0 Å². The Hall–Kier alpha value is -1.36. The lowest BCUT2D eigenvalue weighted by Gasteiger charge is -2.31. The minimum atomic E-state index is -0.609. The fraction of sp³-hybridized carbons (Fsp3) is 0.538. The zero-order chi connectivity index (χ0) is 13.3. The van der Waals surface area contributed by atoms with Gasteiger partial charge in [0.05, 0.1) is 12.6 Å². The molecule has 0 bridgehead atoms. The molecule has 1 heterocycles. The average Bonchev–Trinajstić information content (AvgIpc) is 2.61. The van der Waals surface area contributed by atoms with Gasteiger partial charge in [0.25, 0.3) is 0 Å². The summed E-state index contributed by atoms with van der Waals surface area (Å²) in [7, 11) is 1.59. The Morgan fingerprint density at radius 1 is 1.33 bits per heavy atom. The van der Waals surface area contributed by atoms with Gasteiger partial charge in [0.1, 0.15) is 5.69 Å². The molecule has 0 radical (unpaired) electrons. The quantitative estimate of drug-likeness (QED) is 0.845. The zero-order valence-corrected chi connectivity index (χ0v) is 10.6. The van der Waals surface area contributed by atoms with Gasteiger partial charge in [0.2, 0.25) is 0 Å². The second-order valence-corrected chi connectivity index (χ2v) is 4.78. The van der Waals surface area contributed by atoms with Gasteiger partial charge in [-0.2, -0.15) is 0 Å². The fourth-order valence-electron chi connectivity index (χ4n) is 2.66. The number of nitrogen functional groups attached to an aromatic ring is 1. The van der Waals surface area contributed by atoms with Crippen LogP contribution in [0.25, 0.3) is 0 Å². The first-order valence-corrected chi connectivity index (χ1v) is 6.06. The van der Waals surface area contributed by atoms with E-state index in [9.17, 15) is 8.78 Å². The molecule has 1 aromatic carbocycles. The van der Waals surface area contributed by atoms with Crippen molar-refractivity contribution in [1.82, 2.24) is 0 Å². The molecule has 0 amide bonds. The summed E-state index contributed by atoms with van der Waals surface area (Å²) in [6, 6.07) is 2.43. The predicted molar refractivity (Wildman–Crippen MR) is 67.6 cm³/mol. The Bertz CT molecular complexity index is 414. The van der Waals surface area contributed by atoms with E-state index in [1.165, 1.54) is 0 Å². The third-order valence-electron chi connectivity index (χ3n) is 3.44. The van der Waals surface area contributed by atoms with Crippen LogP contribution in [0.15, 0.2) is 12.1 Å². The lowest BCUT2D eigenvalue weighted by atomic mass is 10.2. The summed E-state index contributed by atoms with van der Waals surface area (Å²) in [5.74, 6) is -1.22. The standard InChI is InChI=1S/C13H18F2N2O/c1-8-3-4-10(7-18-2)17(8)13-11(14)5-9(16)6-12(13)15/h5-6,8,10H,3-4,7,16H2,1-2H3. The third-order valence-corrected chi connectivity index (χ3v) is 3.44. The molecule has 3 nitrogen and oxygen atoms in total. The maximum Gasteiger partial charge on any atom is 0.151 e. The van der Waals surface area contributed by atoms with Crippen molar-refractivity contribution in [2.75, 3.05) is 24.4 Å². The highest BCUT2D eigenvalue weighted by molar-refractivity contribution is 5.57. The maximum atomic E-state index is 13.9. The van der Waals surface area contributed by atoms with Crippen LogP contribution in [0.2, 0.25) is 0 Å². The Balaban J connectivity index is 2.40. The summed E-state index contributed by atoms with van der Waals surface area (Å²) in [6.07, 6.45) is 1.77. The summed E-state index contributed by atoms with van der Waals surface area (Å²) in [5.41, 5.74) is 5.54. The van der Waals surface area contributed by atoms with Gasteiger partial charge in [0, 0.05) is 18.8 Å². The van der Waals surface area contributed by atoms with Crippen LogP contribution in [0.5, 0.6) is 0 Å². The van der Waals surface area contributed by atoms with Crippen molar-refractivity contribution < 1.29 is 13.5 Å². The normalized spacial score (nSPS) is 23.7. The van der Waals surface area contributed by atoms with Gasteiger partial charge in [-0.05, 0) is 31.9 Å². The lowest BCUT2D eigenvalue weighted by molar-refractivity contribution is 0.179. The fourth-order valence-corrected chi connectivity index (χ4v) is 2.66. The number of nitrogens with zero attached hydrogens (tertiary/aromatic N) is 1. The molecular weight excluding hydrogens is 238 g/mol. The van der Waals surface area contributed by atoms with E-state index >= 15 is 0 Å². The van der Waals surface area contributed by atoms with E-state index in [2.05, 4.69) is 0 Å². The van der Waals surface area contributed by atoms with E-state index in [-0.39, 0.29) is 23.5 Å². The number of hydrogen-bond donors (Lipinski definition) is 1. The van der Waals surface area contributed by atoms with Gasteiger partial charge < -0.3 is 15.4 Å². The number of rotatable bonds is 3. The van der Waals surface area contributed by atoms with Crippen LogP contribution in [-0.4, -0.2) is 25.8 Å². The average molecular weight is 256 g/mol. The first kappa shape index (κ1) is 13.1. The minimum absolute atomic E-state index is 0.0104. The molecule has 18 heavy (non-hydrogen) atoms. The third kappa shape index (κ3) is 2.27. The minimum Gasteiger partial charge on any atom is -0.399 e. The number of benzene rings is 1. The number of hydrogen-bond acceptors (Lipinski definition) is 3. The van der Waals surface area contributed by atoms with E-state index in [4.69, 9.17) is 10.5 Å². The highest BCUT2D eigenvalue weighted by Gasteiger charge is 2.34. The summed E-state index contributed by atoms with van der Waals surface area (Å²) in [5, 5.41) is 0. The van der Waals surface area contributed by atoms with Crippen molar-refractivity contribution in [2.45, 2.75) is 31.8 Å². The second kappa shape index (κ2) is 5.10. The van der Waals surface area contributed by atoms with E-state index in [1.54, 1.807) is 12.0 Å². The summed E-state index contributed by atoms with van der Waals surface area (Å²) in [4.78, 5) is 1.77. The highest BCUT2D eigenvalue weighted by atomic mass is 19.1. The molecule has 0 spiro atoms. The number of nitrogens with two attached hydrogens (primary N) is 1. The zero-order valence-electron chi connectivity index (χ0n) is 10.6.